The molecule has 0 fully saturated rings. The van der Waals surface area contributed by atoms with Crippen molar-refractivity contribution in [3.8, 4) is 17.6 Å². The molecule has 184 valence electrons. The predicted molar refractivity (Wildman–Crippen MR) is 140 cm³/mol. The van der Waals surface area contributed by atoms with Crippen LogP contribution in [0.15, 0.2) is 66.9 Å². The Balaban J connectivity index is 1.58. The number of aliphatic hydroxyl groups excluding tert-OH is 1. The van der Waals surface area contributed by atoms with Gasteiger partial charge in [-0.2, -0.15) is 0 Å². The summed E-state index contributed by atoms with van der Waals surface area (Å²) in [7, 11) is 0. The number of hydrogen-bond donors (Lipinski definition) is 3. The maximum atomic E-state index is 13.6. The maximum Gasteiger partial charge on any atom is 0.255 e. The van der Waals surface area contributed by atoms with E-state index in [1.165, 1.54) is 6.07 Å². The van der Waals surface area contributed by atoms with Crippen LogP contribution in [0.2, 0.25) is 0 Å². The molecule has 3 aromatic carbocycles. The van der Waals surface area contributed by atoms with E-state index in [0.717, 1.165) is 16.5 Å². The van der Waals surface area contributed by atoms with Gasteiger partial charge >= 0.3 is 0 Å². The van der Waals surface area contributed by atoms with Crippen LogP contribution >= 0.6 is 0 Å². The lowest BCUT2D eigenvalue weighted by molar-refractivity contribution is 0.0910. The van der Waals surface area contributed by atoms with Crippen LogP contribution in [-0.4, -0.2) is 34.8 Å². The molecule has 1 aromatic heterocycles. The highest BCUT2D eigenvalue weighted by Gasteiger charge is 2.19. The minimum atomic E-state index is -0.486. The quantitative estimate of drug-likeness (QED) is 0.318. The van der Waals surface area contributed by atoms with Gasteiger partial charge in [0.25, 0.3) is 5.91 Å². The Hall–Kier alpha value is -4.08. The third-order valence-electron chi connectivity index (χ3n) is 5.79. The summed E-state index contributed by atoms with van der Waals surface area (Å²) in [5.41, 5.74) is 4.18. The maximum absolute atomic E-state index is 13.6. The number of carbonyl (C=O) groups is 1. The van der Waals surface area contributed by atoms with Gasteiger partial charge in [-0.1, -0.05) is 30.0 Å². The molecule has 0 saturated carbocycles. The molecule has 0 radical (unpaired) electrons. The number of hydrogen-bond acceptors (Lipinski definition) is 3. The minimum absolute atomic E-state index is 0.129. The molecule has 0 aliphatic carbocycles. The van der Waals surface area contributed by atoms with Gasteiger partial charge in [-0.15, -0.1) is 0 Å². The van der Waals surface area contributed by atoms with E-state index in [4.69, 9.17) is 4.74 Å². The second kappa shape index (κ2) is 11.1. The van der Waals surface area contributed by atoms with Gasteiger partial charge in [0.2, 0.25) is 0 Å². The lowest BCUT2D eigenvalue weighted by Crippen LogP contribution is -2.39. The average Bonchev–Trinajstić information content (AvgIpc) is 3.27. The largest absolute Gasteiger partial charge is 0.490 e. The Kier molecular flexibility index (Phi) is 7.72. The van der Waals surface area contributed by atoms with Crippen LogP contribution in [0, 0.1) is 24.6 Å². The number of aromatic nitrogens is 1. The van der Waals surface area contributed by atoms with Gasteiger partial charge in [0, 0.05) is 28.2 Å². The standard InChI is InChI=1S/C30H29FN2O3/c1-19(2)36-29-13-11-22(9-8-21-10-12-27(31)20(3)14-21)15-26(29)30(35)33-24(18-34)16-23-17-32-28-7-5-4-6-25(23)28/h4-7,10-15,17,19,24,32,34H,16,18H2,1-3H3,(H,33,35)/t24-/m1/s1. The number of fused-ring (bicyclic) bond motifs is 1. The molecular formula is C30H29FN2O3. The Labute approximate surface area is 210 Å². The number of amides is 1. The number of aryl methyl sites for hydroxylation is 1. The molecule has 4 aromatic rings. The molecule has 5 nitrogen and oxygen atoms in total. The number of para-hydroxylation sites is 1. The van der Waals surface area contributed by atoms with Crippen molar-refractivity contribution in [2.24, 2.45) is 0 Å². The van der Waals surface area contributed by atoms with Gasteiger partial charge in [-0.3, -0.25) is 4.79 Å². The first kappa shape index (κ1) is 25.0. The van der Waals surface area contributed by atoms with E-state index >= 15 is 0 Å². The van der Waals surface area contributed by atoms with Crippen LogP contribution in [0.3, 0.4) is 0 Å². The number of ether oxygens (including phenoxy) is 1. The van der Waals surface area contributed by atoms with Crippen molar-refractivity contribution < 1.29 is 19.0 Å². The monoisotopic (exact) mass is 484 g/mol. The Bertz CT molecular complexity index is 1450. The van der Waals surface area contributed by atoms with E-state index in [1.807, 2.05) is 44.3 Å². The highest BCUT2D eigenvalue weighted by molar-refractivity contribution is 5.97. The van der Waals surface area contributed by atoms with E-state index in [-0.39, 0.29) is 24.4 Å². The smallest absolute Gasteiger partial charge is 0.255 e. The summed E-state index contributed by atoms with van der Waals surface area (Å²) in [6.45, 7) is 5.25. The van der Waals surface area contributed by atoms with Crippen LogP contribution in [0.1, 0.15) is 46.5 Å². The molecule has 1 atom stereocenters. The predicted octanol–water partition coefficient (Wildman–Crippen LogP) is 5.14. The highest BCUT2D eigenvalue weighted by atomic mass is 19.1. The van der Waals surface area contributed by atoms with Gasteiger partial charge < -0.3 is 20.1 Å². The first-order valence-corrected chi connectivity index (χ1v) is 11.9. The van der Waals surface area contributed by atoms with Gasteiger partial charge in [-0.25, -0.2) is 4.39 Å². The fourth-order valence-electron chi connectivity index (χ4n) is 4.00. The van der Waals surface area contributed by atoms with Gasteiger partial charge in [0.05, 0.1) is 24.3 Å². The fraction of sp³-hybridized carbons (Fsp3) is 0.233. The number of aliphatic hydroxyl groups is 1. The van der Waals surface area contributed by atoms with E-state index in [9.17, 15) is 14.3 Å². The molecule has 0 aliphatic rings. The van der Waals surface area contributed by atoms with E-state index in [2.05, 4.69) is 22.1 Å². The van der Waals surface area contributed by atoms with Crippen molar-refractivity contribution in [1.82, 2.24) is 10.3 Å². The summed E-state index contributed by atoms with van der Waals surface area (Å²) in [5, 5.41) is 14.0. The topological polar surface area (TPSA) is 74.3 Å². The molecule has 0 bridgehead atoms. The van der Waals surface area contributed by atoms with Crippen molar-refractivity contribution in [1.29, 1.82) is 0 Å². The average molecular weight is 485 g/mol. The molecular weight excluding hydrogens is 455 g/mol. The second-order valence-corrected chi connectivity index (χ2v) is 9.01. The van der Waals surface area contributed by atoms with E-state index < -0.39 is 6.04 Å². The zero-order valence-corrected chi connectivity index (χ0v) is 20.6. The van der Waals surface area contributed by atoms with Crippen molar-refractivity contribution in [2.75, 3.05) is 6.61 Å². The molecule has 1 heterocycles. The number of benzene rings is 3. The summed E-state index contributed by atoms with van der Waals surface area (Å²) < 4.78 is 19.4. The highest BCUT2D eigenvalue weighted by Crippen LogP contribution is 2.23. The Morgan fingerprint density at radius 1 is 1.08 bits per heavy atom. The van der Waals surface area contributed by atoms with E-state index in [0.29, 0.717) is 34.4 Å². The molecule has 4 rings (SSSR count). The lowest BCUT2D eigenvalue weighted by Gasteiger charge is -2.19. The van der Waals surface area contributed by atoms with Gasteiger partial charge in [0.1, 0.15) is 11.6 Å². The number of aromatic amines is 1. The fourth-order valence-corrected chi connectivity index (χ4v) is 4.00. The second-order valence-electron chi connectivity index (χ2n) is 9.01. The first-order chi connectivity index (χ1) is 17.3. The summed E-state index contributed by atoms with van der Waals surface area (Å²) in [6.07, 6.45) is 2.24. The van der Waals surface area contributed by atoms with Crippen molar-refractivity contribution in [2.45, 2.75) is 39.3 Å². The number of rotatable bonds is 7. The summed E-state index contributed by atoms with van der Waals surface area (Å²) in [5.74, 6) is 5.87. The molecule has 3 N–H and O–H groups in total. The van der Waals surface area contributed by atoms with Crippen LogP contribution in [-0.2, 0) is 6.42 Å². The number of nitrogens with one attached hydrogen (secondary N) is 2. The minimum Gasteiger partial charge on any atom is -0.490 e. The zero-order valence-electron chi connectivity index (χ0n) is 20.6. The Morgan fingerprint density at radius 2 is 1.81 bits per heavy atom. The van der Waals surface area contributed by atoms with Crippen LogP contribution in [0.5, 0.6) is 5.75 Å². The molecule has 36 heavy (non-hydrogen) atoms. The van der Waals surface area contributed by atoms with Gasteiger partial charge in [-0.05, 0) is 80.8 Å². The molecule has 1 amide bonds. The summed E-state index contributed by atoms with van der Waals surface area (Å²) in [6, 6.07) is 17.3. The number of H-pyrrole nitrogens is 1. The SMILES string of the molecule is Cc1cc(C#Cc2ccc(OC(C)C)c(C(=O)N[C@@H](CO)Cc3c[nH]c4ccccc34)c2)ccc1F. The van der Waals surface area contributed by atoms with Crippen LogP contribution in [0.25, 0.3) is 10.9 Å². The molecule has 0 aliphatic heterocycles. The molecule has 6 heteroatoms. The van der Waals surface area contributed by atoms with Crippen molar-refractivity contribution in [3.05, 3.63) is 100 Å². The number of halogens is 1. The zero-order chi connectivity index (χ0) is 25.7. The third kappa shape index (κ3) is 5.94. The molecule has 0 spiro atoms. The summed E-state index contributed by atoms with van der Waals surface area (Å²) >= 11 is 0. The van der Waals surface area contributed by atoms with Gasteiger partial charge in [0.15, 0.2) is 0 Å². The molecule has 0 unspecified atom stereocenters. The Morgan fingerprint density at radius 3 is 2.53 bits per heavy atom. The van der Waals surface area contributed by atoms with Crippen LogP contribution < -0.4 is 10.1 Å². The molecule has 0 saturated heterocycles. The number of carbonyl (C=O) groups excluding carboxylic acids is 1. The summed E-state index contributed by atoms with van der Waals surface area (Å²) in [4.78, 5) is 16.5. The lowest BCUT2D eigenvalue weighted by atomic mass is 10.0. The first-order valence-electron chi connectivity index (χ1n) is 11.9. The van der Waals surface area contributed by atoms with Crippen molar-refractivity contribution >= 4 is 16.8 Å². The van der Waals surface area contributed by atoms with Crippen molar-refractivity contribution in [3.63, 3.8) is 0 Å². The normalized spacial score (nSPS) is 11.7. The van der Waals surface area contributed by atoms with E-state index in [1.54, 1.807) is 37.3 Å². The third-order valence-corrected chi connectivity index (χ3v) is 5.79. The van der Waals surface area contributed by atoms with Crippen LogP contribution in [0.4, 0.5) is 4.39 Å².